The van der Waals surface area contributed by atoms with Crippen LogP contribution in [-0.4, -0.2) is 13.1 Å². The van der Waals surface area contributed by atoms with Crippen molar-refractivity contribution in [3.63, 3.8) is 0 Å². The van der Waals surface area contributed by atoms with Crippen molar-refractivity contribution < 1.29 is 13.9 Å². The van der Waals surface area contributed by atoms with Crippen LogP contribution >= 0.6 is 0 Å². The number of furan rings is 1. The molecule has 1 aromatic heterocycles. The molecule has 0 bridgehead atoms. The van der Waals surface area contributed by atoms with Crippen LogP contribution in [0.3, 0.4) is 0 Å². The van der Waals surface area contributed by atoms with Crippen molar-refractivity contribution in [2.75, 3.05) is 12.4 Å². The summed E-state index contributed by atoms with van der Waals surface area (Å²) in [5.41, 5.74) is 1.27. The van der Waals surface area contributed by atoms with Gasteiger partial charge in [-0.1, -0.05) is 12.1 Å². The molecule has 0 radical (unpaired) electrons. The van der Waals surface area contributed by atoms with Gasteiger partial charge in [-0.05, 0) is 24.3 Å². The Bertz CT molecular complexity index is 791. The molecule has 0 atom stereocenters. The van der Waals surface area contributed by atoms with Gasteiger partial charge in [0.25, 0.3) is 0 Å². The number of methoxy groups -OCH3 is 1. The van der Waals surface area contributed by atoms with Crippen molar-refractivity contribution in [2.45, 2.75) is 0 Å². The number of ether oxygens (including phenoxy) is 1. The zero-order chi connectivity index (χ0) is 15.9. The van der Waals surface area contributed by atoms with Crippen molar-refractivity contribution in [3.05, 3.63) is 53.9 Å². The number of carbonyl (C=O) groups is 1. The fourth-order valence-corrected chi connectivity index (χ4v) is 1.76. The van der Waals surface area contributed by atoms with Gasteiger partial charge in [0, 0.05) is 17.5 Å². The second-order valence-electron chi connectivity index (χ2n) is 4.13. The minimum absolute atomic E-state index is 0.0514. The topological polar surface area (TPSA) is 99.0 Å². The third-order valence-corrected chi connectivity index (χ3v) is 2.80. The highest BCUT2D eigenvalue weighted by Gasteiger charge is 2.14. The third kappa shape index (κ3) is 3.14. The molecule has 1 aromatic carbocycles. The van der Waals surface area contributed by atoms with E-state index < -0.39 is 5.97 Å². The van der Waals surface area contributed by atoms with Crippen LogP contribution in [0, 0.1) is 22.7 Å². The SMILES string of the molecule is COC(=O)c1ccc(-c2ccccc2NC=C(C#N)C#N)o1. The highest BCUT2D eigenvalue weighted by molar-refractivity contribution is 5.87. The Kier molecular flexibility index (Phi) is 4.59. The number of allylic oxidation sites excluding steroid dienone is 1. The van der Waals surface area contributed by atoms with Crippen molar-refractivity contribution in [1.29, 1.82) is 10.5 Å². The average molecular weight is 293 g/mol. The van der Waals surface area contributed by atoms with Crippen LogP contribution in [-0.2, 0) is 4.74 Å². The first-order valence-corrected chi connectivity index (χ1v) is 6.24. The molecule has 0 unspecified atom stereocenters. The van der Waals surface area contributed by atoms with Crippen LogP contribution in [0.1, 0.15) is 10.6 Å². The highest BCUT2D eigenvalue weighted by Crippen LogP contribution is 2.29. The number of rotatable bonds is 4. The number of carbonyl (C=O) groups excluding carboxylic acids is 1. The number of hydrogen-bond donors (Lipinski definition) is 1. The van der Waals surface area contributed by atoms with Gasteiger partial charge in [-0.25, -0.2) is 4.79 Å². The summed E-state index contributed by atoms with van der Waals surface area (Å²) < 4.78 is 10.1. The minimum atomic E-state index is -0.562. The van der Waals surface area contributed by atoms with E-state index in [0.29, 0.717) is 17.0 Å². The smallest absolute Gasteiger partial charge is 0.373 e. The Morgan fingerprint density at radius 1 is 1.23 bits per heavy atom. The molecular formula is C16H11N3O3. The molecule has 6 nitrogen and oxygen atoms in total. The molecular weight excluding hydrogens is 282 g/mol. The standard InChI is InChI=1S/C16H11N3O3/c1-21-16(20)15-7-6-14(22-15)12-4-2-3-5-13(12)19-10-11(8-17)9-18/h2-7,10,19H,1H3. The number of nitriles is 2. The van der Waals surface area contributed by atoms with Gasteiger partial charge in [0.05, 0.1) is 7.11 Å². The van der Waals surface area contributed by atoms with Gasteiger partial charge in [-0.15, -0.1) is 0 Å². The molecule has 22 heavy (non-hydrogen) atoms. The Hall–Kier alpha value is -3.51. The van der Waals surface area contributed by atoms with E-state index in [1.165, 1.54) is 19.4 Å². The molecule has 1 N–H and O–H groups in total. The summed E-state index contributed by atoms with van der Waals surface area (Å²) in [4.78, 5) is 11.4. The molecule has 0 aliphatic rings. The molecule has 0 amide bonds. The highest BCUT2D eigenvalue weighted by atomic mass is 16.5. The number of esters is 1. The van der Waals surface area contributed by atoms with Crippen LogP contribution in [0.4, 0.5) is 5.69 Å². The van der Waals surface area contributed by atoms with Crippen LogP contribution in [0.25, 0.3) is 11.3 Å². The van der Waals surface area contributed by atoms with E-state index in [9.17, 15) is 4.79 Å². The Morgan fingerprint density at radius 3 is 2.64 bits per heavy atom. The van der Waals surface area contributed by atoms with Gasteiger partial charge in [0.1, 0.15) is 23.5 Å². The normalized spacial score (nSPS) is 9.23. The number of nitrogens with one attached hydrogen (secondary N) is 1. The number of benzene rings is 1. The molecule has 1 heterocycles. The summed E-state index contributed by atoms with van der Waals surface area (Å²) in [6.45, 7) is 0. The van der Waals surface area contributed by atoms with Gasteiger partial charge >= 0.3 is 5.97 Å². The van der Waals surface area contributed by atoms with E-state index >= 15 is 0 Å². The van der Waals surface area contributed by atoms with Crippen LogP contribution < -0.4 is 5.32 Å². The fourth-order valence-electron chi connectivity index (χ4n) is 1.76. The van der Waals surface area contributed by atoms with E-state index in [0.717, 1.165) is 0 Å². The molecule has 0 spiro atoms. The van der Waals surface area contributed by atoms with E-state index in [-0.39, 0.29) is 11.3 Å². The van der Waals surface area contributed by atoms with Crippen LogP contribution in [0.15, 0.2) is 52.6 Å². The predicted molar refractivity (Wildman–Crippen MR) is 78.4 cm³/mol. The first kappa shape index (κ1) is 14.9. The molecule has 0 aliphatic carbocycles. The zero-order valence-corrected chi connectivity index (χ0v) is 11.7. The molecule has 2 rings (SSSR count). The quantitative estimate of drug-likeness (QED) is 0.687. The summed E-state index contributed by atoms with van der Waals surface area (Å²) in [6.07, 6.45) is 1.31. The van der Waals surface area contributed by atoms with E-state index in [1.807, 2.05) is 0 Å². The average Bonchev–Trinajstić information content (AvgIpc) is 3.05. The summed E-state index contributed by atoms with van der Waals surface area (Å²) in [5.74, 6) is -0.00205. The molecule has 0 saturated carbocycles. The maximum absolute atomic E-state index is 11.4. The van der Waals surface area contributed by atoms with Gasteiger partial charge in [0.2, 0.25) is 5.76 Å². The van der Waals surface area contributed by atoms with E-state index in [1.54, 1.807) is 42.5 Å². The van der Waals surface area contributed by atoms with Gasteiger partial charge in [-0.3, -0.25) is 0 Å². The Morgan fingerprint density at radius 2 is 1.95 bits per heavy atom. The molecule has 0 saturated heterocycles. The monoisotopic (exact) mass is 293 g/mol. The van der Waals surface area contributed by atoms with Crippen molar-refractivity contribution in [3.8, 4) is 23.5 Å². The summed E-state index contributed by atoms with van der Waals surface area (Å²) in [5, 5.41) is 20.3. The van der Waals surface area contributed by atoms with Crippen molar-refractivity contribution in [1.82, 2.24) is 0 Å². The largest absolute Gasteiger partial charge is 0.463 e. The maximum atomic E-state index is 11.4. The lowest BCUT2D eigenvalue weighted by Gasteiger charge is -2.06. The first-order chi connectivity index (χ1) is 10.7. The summed E-state index contributed by atoms with van der Waals surface area (Å²) in [6, 6.07) is 13.8. The number of hydrogen-bond acceptors (Lipinski definition) is 6. The summed E-state index contributed by atoms with van der Waals surface area (Å²) >= 11 is 0. The number of nitrogens with zero attached hydrogens (tertiary/aromatic N) is 2. The van der Waals surface area contributed by atoms with Gasteiger partial charge in [-0.2, -0.15) is 10.5 Å². The van der Waals surface area contributed by atoms with Crippen LogP contribution in [0.5, 0.6) is 0 Å². The predicted octanol–water partition coefficient (Wildman–Crippen LogP) is 3.08. The number of para-hydroxylation sites is 1. The Balaban J connectivity index is 2.35. The van der Waals surface area contributed by atoms with Crippen molar-refractivity contribution in [2.24, 2.45) is 0 Å². The Labute approximate surface area is 126 Å². The zero-order valence-electron chi connectivity index (χ0n) is 11.7. The fraction of sp³-hybridized carbons (Fsp3) is 0.0625. The van der Waals surface area contributed by atoms with E-state index in [2.05, 4.69) is 10.1 Å². The van der Waals surface area contributed by atoms with Crippen molar-refractivity contribution >= 4 is 11.7 Å². The second kappa shape index (κ2) is 6.78. The first-order valence-electron chi connectivity index (χ1n) is 6.24. The minimum Gasteiger partial charge on any atom is -0.463 e. The van der Waals surface area contributed by atoms with E-state index in [4.69, 9.17) is 14.9 Å². The molecule has 2 aromatic rings. The lowest BCUT2D eigenvalue weighted by Crippen LogP contribution is -1.98. The number of anilines is 1. The lowest BCUT2D eigenvalue weighted by molar-refractivity contribution is 0.0566. The lowest BCUT2D eigenvalue weighted by atomic mass is 10.1. The molecule has 0 fully saturated rings. The van der Waals surface area contributed by atoms with Gasteiger partial charge < -0.3 is 14.5 Å². The summed E-state index contributed by atoms with van der Waals surface area (Å²) in [7, 11) is 1.27. The molecule has 108 valence electrons. The van der Waals surface area contributed by atoms with Crippen LogP contribution in [0.2, 0.25) is 0 Å². The maximum Gasteiger partial charge on any atom is 0.373 e. The third-order valence-electron chi connectivity index (χ3n) is 2.80. The molecule has 6 heteroatoms. The van der Waals surface area contributed by atoms with Gasteiger partial charge in [0.15, 0.2) is 0 Å². The second-order valence-corrected chi connectivity index (χ2v) is 4.13. The molecule has 0 aliphatic heterocycles.